The molecule has 0 aliphatic carbocycles. The highest BCUT2D eigenvalue weighted by Gasteiger charge is 2.07. The van der Waals surface area contributed by atoms with E-state index in [4.69, 9.17) is 14.5 Å². The Morgan fingerprint density at radius 1 is 1.21 bits per heavy atom. The van der Waals surface area contributed by atoms with Gasteiger partial charge in [0.15, 0.2) is 11.8 Å². The number of nitrogens with one attached hydrogen (secondary N) is 2. The maximum absolute atomic E-state index is 5.48. The quantitative estimate of drug-likeness (QED) is 0.219. The number of hydrogen-bond donors (Lipinski definition) is 2. The van der Waals surface area contributed by atoms with Crippen molar-refractivity contribution < 1.29 is 9.47 Å². The number of guanidine groups is 1. The third-order valence-electron chi connectivity index (χ3n) is 4.41. The molecule has 0 radical (unpaired) electrons. The fraction of sp³-hybridized carbons (Fsp3) is 0.550. The van der Waals surface area contributed by atoms with Crippen LogP contribution in [0.5, 0.6) is 5.75 Å². The molecule has 0 aliphatic rings. The van der Waals surface area contributed by atoms with Gasteiger partial charge in [-0.3, -0.25) is 0 Å². The number of hydrogen-bond acceptors (Lipinski definition) is 5. The molecule has 0 atom stereocenters. The summed E-state index contributed by atoms with van der Waals surface area (Å²) >= 11 is 0. The number of methoxy groups -OCH3 is 1. The smallest absolute Gasteiger partial charge is 0.191 e. The molecule has 1 heterocycles. The van der Waals surface area contributed by atoms with E-state index in [-0.39, 0.29) is 24.0 Å². The van der Waals surface area contributed by atoms with E-state index in [1.807, 2.05) is 38.5 Å². The standard InChI is InChI=1S/C20H32N6O2.HI/c1-6-28-11-7-10-21-20(23-14-19-25-24-16(3)26(19)4)22-13-17-9-8-15(2)12-18(17)27-5;/h8-9,12H,6-7,10-11,13-14H2,1-5H3,(H2,21,22,23);1H. The van der Waals surface area contributed by atoms with Gasteiger partial charge in [0.25, 0.3) is 0 Å². The van der Waals surface area contributed by atoms with Gasteiger partial charge in [0.05, 0.1) is 20.2 Å². The lowest BCUT2D eigenvalue weighted by Crippen LogP contribution is -2.38. The molecule has 9 heteroatoms. The molecular weight excluding hydrogens is 483 g/mol. The number of halogens is 1. The van der Waals surface area contributed by atoms with E-state index >= 15 is 0 Å². The second-order valence-corrected chi connectivity index (χ2v) is 6.53. The molecule has 2 rings (SSSR count). The average Bonchev–Trinajstić information content (AvgIpc) is 3.02. The molecule has 8 nitrogen and oxygen atoms in total. The average molecular weight is 516 g/mol. The second-order valence-electron chi connectivity index (χ2n) is 6.53. The molecule has 2 N–H and O–H groups in total. The van der Waals surface area contributed by atoms with E-state index in [9.17, 15) is 0 Å². The zero-order valence-electron chi connectivity index (χ0n) is 18.0. The Balaban J connectivity index is 0.00000420. The van der Waals surface area contributed by atoms with Crippen molar-refractivity contribution in [3.63, 3.8) is 0 Å². The molecule has 0 amide bonds. The maximum atomic E-state index is 5.48. The first-order chi connectivity index (χ1) is 13.5. The van der Waals surface area contributed by atoms with Crippen molar-refractivity contribution in [2.75, 3.05) is 26.9 Å². The molecule has 1 aromatic heterocycles. The highest BCUT2D eigenvalue weighted by atomic mass is 127. The van der Waals surface area contributed by atoms with Gasteiger partial charge in [-0.05, 0) is 38.8 Å². The van der Waals surface area contributed by atoms with Crippen molar-refractivity contribution in [2.45, 2.75) is 40.3 Å². The molecule has 0 saturated carbocycles. The first-order valence-electron chi connectivity index (χ1n) is 9.63. The lowest BCUT2D eigenvalue weighted by molar-refractivity contribution is 0.145. The summed E-state index contributed by atoms with van der Waals surface area (Å²) in [6.07, 6.45) is 0.908. The SMILES string of the molecule is CCOCCCNC(=NCc1ccc(C)cc1OC)NCc1nnc(C)n1C.I. The molecule has 29 heavy (non-hydrogen) atoms. The fourth-order valence-electron chi connectivity index (χ4n) is 2.61. The van der Waals surface area contributed by atoms with Crippen molar-refractivity contribution in [1.29, 1.82) is 0 Å². The van der Waals surface area contributed by atoms with Crippen LogP contribution in [0.3, 0.4) is 0 Å². The summed E-state index contributed by atoms with van der Waals surface area (Å²) in [6.45, 7) is 9.27. The Kier molecular flexibility index (Phi) is 11.6. The topological polar surface area (TPSA) is 85.6 Å². The van der Waals surface area contributed by atoms with Crippen LogP contribution < -0.4 is 15.4 Å². The predicted octanol–water partition coefficient (Wildman–Crippen LogP) is 2.72. The van der Waals surface area contributed by atoms with Gasteiger partial charge in [-0.2, -0.15) is 0 Å². The molecule has 0 fully saturated rings. The van der Waals surface area contributed by atoms with Crippen LogP contribution >= 0.6 is 24.0 Å². The minimum absolute atomic E-state index is 0. The Labute approximate surface area is 190 Å². The van der Waals surface area contributed by atoms with Crippen LogP contribution in [-0.4, -0.2) is 47.6 Å². The van der Waals surface area contributed by atoms with Crippen molar-refractivity contribution in [3.8, 4) is 5.75 Å². The zero-order chi connectivity index (χ0) is 20.4. The second kappa shape index (κ2) is 13.4. The van der Waals surface area contributed by atoms with Gasteiger partial charge in [-0.15, -0.1) is 34.2 Å². The zero-order valence-corrected chi connectivity index (χ0v) is 20.3. The fourth-order valence-corrected chi connectivity index (χ4v) is 2.61. The Morgan fingerprint density at radius 3 is 2.66 bits per heavy atom. The van der Waals surface area contributed by atoms with Crippen LogP contribution in [0.2, 0.25) is 0 Å². The number of benzene rings is 1. The van der Waals surface area contributed by atoms with E-state index in [0.29, 0.717) is 13.1 Å². The summed E-state index contributed by atoms with van der Waals surface area (Å²) in [7, 11) is 3.64. The highest BCUT2D eigenvalue weighted by molar-refractivity contribution is 14.0. The highest BCUT2D eigenvalue weighted by Crippen LogP contribution is 2.20. The third kappa shape index (κ3) is 8.17. The molecule has 0 unspecified atom stereocenters. The van der Waals surface area contributed by atoms with E-state index in [1.165, 1.54) is 0 Å². The van der Waals surface area contributed by atoms with Gasteiger partial charge in [-0.25, -0.2) is 4.99 Å². The van der Waals surface area contributed by atoms with Crippen molar-refractivity contribution >= 4 is 29.9 Å². The molecule has 0 spiro atoms. The summed E-state index contributed by atoms with van der Waals surface area (Å²) < 4.78 is 12.8. The number of rotatable bonds is 10. The number of aryl methyl sites for hydroxylation is 2. The van der Waals surface area contributed by atoms with Crippen molar-refractivity contribution in [2.24, 2.45) is 12.0 Å². The number of ether oxygens (including phenoxy) is 2. The lowest BCUT2D eigenvalue weighted by Gasteiger charge is -2.13. The Bertz CT molecular complexity index is 778. The summed E-state index contributed by atoms with van der Waals surface area (Å²) in [5.74, 6) is 3.31. The summed E-state index contributed by atoms with van der Waals surface area (Å²) in [4.78, 5) is 4.72. The minimum atomic E-state index is 0. The Morgan fingerprint density at radius 2 is 2.00 bits per heavy atom. The van der Waals surface area contributed by atoms with E-state index in [1.54, 1.807) is 7.11 Å². The molecular formula is C20H33IN6O2. The summed E-state index contributed by atoms with van der Waals surface area (Å²) in [5.41, 5.74) is 2.20. The van der Waals surface area contributed by atoms with Gasteiger partial charge in [0, 0.05) is 32.4 Å². The molecule has 1 aromatic carbocycles. The Hall–Kier alpha value is -1.88. The normalized spacial score (nSPS) is 11.1. The number of nitrogens with zero attached hydrogens (tertiary/aromatic N) is 4. The first-order valence-corrected chi connectivity index (χ1v) is 9.63. The van der Waals surface area contributed by atoms with Gasteiger partial charge in [-0.1, -0.05) is 12.1 Å². The van der Waals surface area contributed by atoms with Crippen LogP contribution in [0.4, 0.5) is 0 Å². The number of aromatic nitrogens is 3. The van der Waals surface area contributed by atoms with Crippen LogP contribution in [0.25, 0.3) is 0 Å². The van der Waals surface area contributed by atoms with Crippen LogP contribution in [0, 0.1) is 13.8 Å². The minimum Gasteiger partial charge on any atom is -0.496 e. The van der Waals surface area contributed by atoms with Crippen molar-refractivity contribution in [1.82, 2.24) is 25.4 Å². The van der Waals surface area contributed by atoms with Crippen LogP contribution in [0.1, 0.15) is 36.1 Å². The summed E-state index contributed by atoms with van der Waals surface area (Å²) in [6, 6.07) is 6.14. The maximum Gasteiger partial charge on any atom is 0.191 e. The monoisotopic (exact) mass is 516 g/mol. The van der Waals surface area contributed by atoms with Crippen LogP contribution in [0.15, 0.2) is 23.2 Å². The third-order valence-corrected chi connectivity index (χ3v) is 4.41. The van der Waals surface area contributed by atoms with E-state index in [0.717, 1.165) is 60.7 Å². The van der Waals surface area contributed by atoms with E-state index in [2.05, 4.69) is 33.0 Å². The molecule has 0 aliphatic heterocycles. The number of aliphatic imine (C=N–C) groups is 1. The van der Waals surface area contributed by atoms with E-state index < -0.39 is 0 Å². The summed E-state index contributed by atoms with van der Waals surface area (Å²) in [5, 5.41) is 15.0. The predicted molar refractivity (Wildman–Crippen MR) is 126 cm³/mol. The van der Waals surface area contributed by atoms with Gasteiger partial charge in [0.2, 0.25) is 0 Å². The molecule has 2 aromatic rings. The largest absolute Gasteiger partial charge is 0.496 e. The van der Waals surface area contributed by atoms with Crippen molar-refractivity contribution in [3.05, 3.63) is 41.0 Å². The van der Waals surface area contributed by atoms with Crippen LogP contribution in [-0.2, 0) is 24.9 Å². The van der Waals surface area contributed by atoms with Gasteiger partial charge < -0.3 is 24.7 Å². The first kappa shape index (κ1) is 25.2. The molecule has 0 saturated heterocycles. The van der Waals surface area contributed by atoms with Gasteiger partial charge in [0.1, 0.15) is 11.6 Å². The molecule has 162 valence electrons. The lowest BCUT2D eigenvalue weighted by atomic mass is 10.1. The van der Waals surface area contributed by atoms with Gasteiger partial charge >= 0.3 is 0 Å². The molecule has 0 bridgehead atoms.